The molecule has 3 heteroatoms. The van der Waals surface area contributed by atoms with Crippen LogP contribution in [0.15, 0.2) is 6.58 Å². The Morgan fingerprint density at radius 1 is 1.12 bits per heavy atom. The molecule has 4 radical (unpaired) electrons. The molecule has 0 aromatic carbocycles. The van der Waals surface area contributed by atoms with E-state index in [1.807, 2.05) is 5.92 Å². The maximum atomic E-state index is 4.49. The Hall–Kier alpha value is 0.679. The van der Waals surface area contributed by atoms with Crippen LogP contribution < -0.4 is 24.8 Å². The zero-order chi connectivity index (χ0) is 4.71. The molecule has 0 fully saturated rings. The van der Waals surface area contributed by atoms with Gasteiger partial charge in [-0.2, -0.15) is 0 Å². The van der Waals surface area contributed by atoms with Gasteiger partial charge in [0.2, 0.25) is 0 Å². The van der Waals surface area contributed by atoms with Crippen LogP contribution in [-0.4, -0.2) is 23.9 Å². The molecule has 0 saturated carbocycles. The van der Waals surface area contributed by atoms with E-state index in [0.717, 1.165) is 0 Å². The van der Waals surface area contributed by atoms with Crippen LogP contribution in [0.4, 0.5) is 0 Å². The predicted molar refractivity (Wildman–Crippen MR) is 29.9 cm³/mol. The van der Waals surface area contributed by atoms with Crippen LogP contribution in [0.2, 0.25) is 0 Å². The van der Waals surface area contributed by atoms with E-state index in [9.17, 15) is 0 Å². The topological polar surface area (TPSA) is 0 Å². The zero-order valence-electron chi connectivity index (χ0n) is 4.32. The van der Waals surface area contributed by atoms with Gasteiger partial charge in [0.15, 0.2) is 0 Å². The van der Waals surface area contributed by atoms with E-state index in [4.69, 9.17) is 0 Å². The Bertz CT molecular complexity index is 40.2. The first kappa shape index (κ1) is 37.8. The van der Waals surface area contributed by atoms with E-state index >= 15 is 0 Å². The van der Waals surface area contributed by atoms with Gasteiger partial charge in [-0.15, -0.1) is 12.3 Å². The van der Waals surface area contributed by atoms with Crippen LogP contribution in [0.3, 0.4) is 0 Å². The van der Waals surface area contributed by atoms with Crippen LogP contribution in [0, 0.1) is 25.8 Å². The molecule has 0 saturated heterocycles. The summed E-state index contributed by atoms with van der Waals surface area (Å²) in [5.74, 6) is 2.00. The third-order valence-electron chi connectivity index (χ3n) is 0. The molecule has 0 aromatic rings. The minimum atomic E-state index is 0. The second-order valence-corrected chi connectivity index (χ2v) is 0.204. The Kier molecular flexibility index (Phi) is 574. The summed E-state index contributed by atoms with van der Waals surface area (Å²) in [6.45, 7) is 10.0. The SMILES string of the molecule is C#C[CH2].[CH]=C.[Cl-].[Cl-].[Sn+2]. The van der Waals surface area contributed by atoms with Gasteiger partial charge in [-0.1, -0.05) is 13.2 Å². The average Bonchev–Trinajstić information content (AvgIpc) is 1.46. The van der Waals surface area contributed by atoms with Gasteiger partial charge >= 0.3 is 23.9 Å². The number of terminal acetylenes is 1. The summed E-state index contributed by atoms with van der Waals surface area (Å²) >= 11 is 0. The molecule has 0 rings (SSSR count). The van der Waals surface area contributed by atoms with Gasteiger partial charge in [-0.3, -0.25) is 0 Å². The second kappa shape index (κ2) is 122. The summed E-state index contributed by atoms with van der Waals surface area (Å²) in [5.41, 5.74) is 0. The molecular formula is C5H6Cl2Sn. The first-order valence-electron chi connectivity index (χ1n) is 1.05. The third kappa shape index (κ3) is 468. The first-order valence-corrected chi connectivity index (χ1v) is 1.05. The second-order valence-electron chi connectivity index (χ2n) is 0.204. The molecular weight excluding hydrogens is 250 g/mol. The van der Waals surface area contributed by atoms with E-state index in [0.29, 0.717) is 0 Å². The molecule has 0 heterocycles. The number of hydrogen-bond acceptors (Lipinski definition) is 0. The molecule has 0 unspecified atom stereocenters. The quantitative estimate of drug-likeness (QED) is 0.300. The Labute approximate surface area is 80.9 Å². The molecule has 0 atom stereocenters. The minimum Gasteiger partial charge on any atom is -1.00 e. The van der Waals surface area contributed by atoms with Crippen molar-refractivity contribution in [2.45, 2.75) is 0 Å². The summed E-state index contributed by atoms with van der Waals surface area (Å²) in [7, 11) is 0. The first-order chi connectivity index (χ1) is 2.41. The molecule has 0 aromatic heterocycles. The summed E-state index contributed by atoms with van der Waals surface area (Å²) in [6, 6.07) is 0. The van der Waals surface area contributed by atoms with Crippen molar-refractivity contribution in [3.05, 3.63) is 20.1 Å². The molecule has 8 heavy (non-hydrogen) atoms. The summed E-state index contributed by atoms with van der Waals surface area (Å²) in [4.78, 5) is 0. The number of rotatable bonds is 0. The van der Waals surface area contributed by atoms with Crippen LogP contribution in [-0.2, 0) is 0 Å². The zero-order valence-corrected chi connectivity index (χ0v) is 8.69. The molecule has 0 spiro atoms. The van der Waals surface area contributed by atoms with Gasteiger partial charge in [-0.05, 0) is 0 Å². The number of hydrogen-bond donors (Lipinski definition) is 0. The Morgan fingerprint density at radius 2 is 1.12 bits per heavy atom. The van der Waals surface area contributed by atoms with Gasteiger partial charge in [0.05, 0.1) is 0 Å². The van der Waals surface area contributed by atoms with Gasteiger partial charge in [-0.25, -0.2) is 0 Å². The van der Waals surface area contributed by atoms with Crippen LogP contribution in [0.5, 0.6) is 0 Å². The van der Waals surface area contributed by atoms with Crippen molar-refractivity contribution in [2.24, 2.45) is 0 Å². The van der Waals surface area contributed by atoms with Gasteiger partial charge in [0.25, 0.3) is 0 Å². The normalized spacial score (nSPS) is 1.50. The monoisotopic (exact) mass is 256 g/mol. The van der Waals surface area contributed by atoms with Gasteiger partial charge in [0, 0.05) is 6.92 Å². The van der Waals surface area contributed by atoms with E-state index < -0.39 is 0 Å². The average molecular weight is 256 g/mol. The molecule has 0 amide bonds. The van der Waals surface area contributed by atoms with E-state index in [1.54, 1.807) is 0 Å². The summed E-state index contributed by atoms with van der Waals surface area (Å²) < 4.78 is 0. The number of halogens is 2. The largest absolute Gasteiger partial charge is 2.00 e. The van der Waals surface area contributed by atoms with Crippen molar-refractivity contribution in [1.29, 1.82) is 0 Å². The molecule has 0 bridgehead atoms. The van der Waals surface area contributed by atoms with Crippen LogP contribution >= 0.6 is 0 Å². The predicted octanol–water partition coefficient (Wildman–Crippen LogP) is -5.31. The van der Waals surface area contributed by atoms with Crippen molar-refractivity contribution in [3.8, 4) is 12.3 Å². The molecule has 0 nitrogen and oxygen atoms in total. The fourth-order valence-corrected chi connectivity index (χ4v) is 0. The van der Waals surface area contributed by atoms with Crippen molar-refractivity contribution >= 4 is 23.9 Å². The Balaban J connectivity index is -0.00000000567. The molecule has 0 aliphatic rings. The fraction of sp³-hybridized carbons (Fsp3) is 0. The molecule has 0 aliphatic carbocycles. The van der Waals surface area contributed by atoms with E-state index in [2.05, 4.69) is 26.5 Å². The smallest absolute Gasteiger partial charge is 1.00 e. The van der Waals surface area contributed by atoms with Crippen molar-refractivity contribution in [3.63, 3.8) is 0 Å². The fourth-order valence-electron chi connectivity index (χ4n) is 0. The maximum absolute atomic E-state index is 4.49. The van der Waals surface area contributed by atoms with Crippen LogP contribution in [0.1, 0.15) is 0 Å². The maximum Gasteiger partial charge on any atom is 2.00 e. The molecule has 44 valence electrons. The Morgan fingerprint density at radius 3 is 1.12 bits per heavy atom. The van der Waals surface area contributed by atoms with Gasteiger partial charge in [0.1, 0.15) is 0 Å². The van der Waals surface area contributed by atoms with Crippen molar-refractivity contribution in [1.82, 2.24) is 0 Å². The molecule has 0 N–H and O–H groups in total. The third-order valence-corrected chi connectivity index (χ3v) is 0. The van der Waals surface area contributed by atoms with E-state index in [-0.39, 0.29) is 48.7 Å². The summed E-state index contributed by atoms with van der Waals surface area (Å²) in [6.07, 6.45) is 4.49. The minimum absolute atomic E-state index is 0. The van der Waals surface area contributed by atoms with Crippen molar-refractivity contribution in [2.75, 3.05) is 0 Å². The summed E-state index contributed by atoms with van der Waals surface area (Å²) in [5, 5.41) is 0. The van der Waals surface area contributed by atoms with E-state index in [1.165, 1.54) is 0 Å². The van der Waals surface area contributed by atoms with Gasteiger partial charge < -0.3 is 24.8 Å². The van der Waals surface area contributed by atoms with Crippen LogP contribution in [0.25, 0.3) is 0 Å². The molecule has 0 aliphatic heterocycles. The van der Waals surface area contributed by atoms with Crippen molar-refractivity contribution < 1.29 is 24.8 Å². The standard InChI is InChI=1S/C3H3.C2H3.2ClH.Sn/c1-3-2;1-2;;;/h1H,2H2;1H,2H2;2*1H;/q;;;;+2/p-2.